The third-order valence-electron chi connectivity index (χ3n) is 2.70. The number of ether oxygens (including phenoxy) is 1. The van der Waals surface area contributed by atoms with Gasteiger partial charge in [-0.15, -0.1) is 0 Å². The number of aliphatic hydroxyl groups is 1. The molecule has 2 atom stereocenters. The van der Waals surface area contributed by atoms with E-state index in [1.165, 1.54) is 0 Å². The quantitative estimate of drug-likeness (QED) is 0.706. The molecule has 0 aliphatic carbocycles. The van der Waals surface area contributed by atoms with Crippen LogP contribution in [0.2, 0.25) is 0 Å². The minimum absolute atomic E-state index is 0.287. The molecule has 1 heterocycles. The zero-order valence-corrected chi connectivity index (χ0v) is 8.18. The molecule has 0 aromatic heterocycles. The molecule has 2 heteroatoms. The molecular weight excluding hydrogens is 152 g/mol. The molecule has 1 N–H and O–H groups in total. The van der Waals surface area contributed by atoms with Crippen molar-refractivity contribution in [3.63, 3.8) is 0 Å². The molecule has 0 aromatic carbocycles. The first-order chi connectivity index (χ1) is 5.70. The molecule has 2 nitrogen and oxygen atoms in total. The van der Waals surface area contributed by atoms with Gasteiger partial charge in [-0.05, 0) is 19.3 Å². The van der Waals surface area contributed by atoms with Gasteiger partial charge in [-0.1, -0.05) is 20.3 Å². The monoisotopic (exact) mass is 172 g/mol. The summed E-state index contributed by atoms with van der Waals surface area (Å²) in [6, 6.07) is 0. The predicted octanol–water partition coefficient (Wildman–Crippen LogP) is 2.11. The smallest absolute Gasteiger partial charge is 0.0694 e. The van der Waals surface area contributed by atoms with Crippen LogP contribution >= 0.6 is 0 Å². The zero-order chi connectivity index (χ0) is 9.03. The molecule has 1 saturated heterocycles. The number of hydrogen-bond acceptors (Lipinski definition) is 2. The Hall–Kier alpha value is -0.0800. The second-order valence-corrected chi connectivity index (χ2v) is 3.83. The van der Waals surface area contributed by atoms with E-state index in [0.717, 1.165) is 38.7 Å². The van der Waals surface area contributed by atoms with E-state index in [1.807, 2.05) is 0 Å². The lowest BCUT2D eigenvalue weighted by atomic mass is 9.86. The topological polar surface area (TPSA) is 29.5 Å². The van der Waals surface area contributed by atoms with Crippen molar-refractivity contribution in [3.05, 3.63) is 0 Å². The maximum atomic E-state index is 10.1. The van der Waals surface area contributed by atoms with Crippen LogP contribution in [-0.4, -0.2) is 23.4 Å². The van der Waals surface area contributed by atoms with Gasteiger partial charge < -0.3 is 9.84 Å². The Balaban J connectivity index is 2.43. The van der Waals surface area contributed by atoms with Crippen LogP contribution in [0.5, 0.6) is 0 Å². The van der Waals surface area contributed by atoms with E-state index in [-0.39, 0.29) is 6.10 Å². The summed E-state index contributed by atoms with van der Waals surface area (Å²) in [6.07, 6.45) is 4.94. The normalized spacial score (nSPS) is 36.8. The summed E-state index contributed by atoms with van der Waals surface area (Å²) in [4.78, 5) is 0. The van der Waals surface area contributed by atoms with Crippen molar-refractivity contribution in [1.29, 1.82) is 0 Å². The summed E-state index contributed by atoms with van der Waals surface area (Å²) in [5.41, 5.74) is -0.423. The lowest BCUT2D eigenvalue weighted by Gasteiger charge is -2.36. The van der Waals surface area contributed by atoms with Gasteiger partial charge in [-0.2, -0.15) is 0 Å². The molecule has 1 fully saturated rings. The zero-order valence-electron chi connectivity index (χ0n) is 8.18. The summed E-state index contributed by atoms with van der Waals surface area (Å²) in [5.74, 6) is 0. The van der Waals surface area contributed by atoms with E-state index < -0.39 is 5.60 Å². The first-order valence-electron chi connectivity index (χ1n) is 5.04. The molecule has 0 saturated carbocycles. The predicted molar refractivity (Wildman–Crippen MR) is 49.1 cm³/mol. The van der Waals surface area contributed by atoms with Crippen LogP contribution < -0.4 is 0 Å². The molecule has 0 amide bonds. The van der Waals surface area contributed by atoms with E-state index in [1.54, 1.807) is 0 Å². The number of rotatable bonds is 3. The van der Waals surface area contributed by atoms with Crippen LogP contribution in [0.25, 0.3) is 0 Å². The van der Waals surface area contributed by atoms with Crippen molar-refractivity contribution in [2.45, 2.75) is 57.7 Å². The highest BCUT2D eigenvalue weighted by atomic mass is 16.5. The first-order valence-corrected chi connectivity index (χ1v) is 5.04. The maximum Gasteiger partial charge on any atom is 0.0694 e. The van der Waals surface area contributed by atoms with Gasteiger partial charge >= 0.3 is 0 Å². The fourth-order valence-corrected chi connectivity index (χ4v) is 1.95. The standard InChI is InChI=1S/C10H20O2/c1-3-5-10(11)6-7-12-9(4-2)8-10/h9,11H,3-8H2,1-2H3. The fraction of sp³-hybridized carbons (Fsp3) is 1.00. The van der Waals surface area contributed by atoms with E-state index in [0.29, 0.717) is 0 Å². The van der Waals surface area contributed by atoms with Crippen LogP contribution in [0, 0.1) is 0 Å². The third-order valence-corrected chi connectivity index (χ3v) is 2.70. The molecule has 72 valence electrons. The lowest BCUT2D eigenvalue weighted by Crippen LogP contribution is -2.40. The van der Waals surface area contributed by atoms with Gasteiger partial charge in [-0.25, -0.2) is 0 Å². The average molecular weight is 172 g/mol. The highest BCUT2D eigenvalue weighted by Gasteiger charge is 2.33. The van der Waals surface area contributed by atoms with Gasteiger partial charge in [0.05, 0.1) is 11.7 Å². The lowest BCUT2D eigenvalue weighted by molar-refractivity contribution is -0.107. The maximum absolute atomic E-state index is 10.1. The van der Waals surface area contributed by atoms with Crippen LogP contribution in [0.4, 0.5) is 0 Å². The Morgan fingerprint density at radius 2 is 2.25 bits per heavy atom. The Morgan fingerprint density at radius 3 is 2.83 bits per heavy atom. The Labute approximate surface area is 74.9 Å². The minimum atomic E-state index is -0.423. The SMILES string of the molecule is CCCC1(O)CCOC(CC)C1. The van der Waals surface area contributed by atoms with Crippen molar-refractivity contribution in [2.24, 2.45) is 0 Å². The summed E-state index contributed by atoms with van der Waals surface area (Å²) in [6.45, 7) is 4.96. The summed E-state index contributed by atoms with van der Waals surface area (Å²) in [5, 5.41) is 10.1. The second-order valence-electron chi connectivity index (χ2n) is 3.83. The van der Waals surface area contributed by atoms with Crippen LogP contribution in [0.15, 0.2) is 0 Å². The van der Waals surface area contributed by atoms with Crippen molar-refractivity contribution in [3.8, 4) is 0 Å². The summed E-state index contributed by atoms with van der Waals surface area (Å²) in [7, 11) is 0. The van der Waals surface area contributed by atoms with Gasteiger partial charge in [-0.3, -0.25) is 0 Å². The molecule has 1 aliphatic rings. The Bertz CT molecular complexity index is 132. The van der Waals surface area contributed by atoms with Gasteiger partial charge in [0.1, 0.15) is 0 Å². The molecule has 0 spiro atoms. The number of hydrogen-bond donors (Lipinski definition) is 1. The fourth-order valence-electron chi connectivity index (χ4n) is 1.95. The van der Waals surface area contributed by atoms with Gasteiger partial charge in [0, 0.05) is 13.0 Å². The highest BCUT2D eigenvalue weighted by Crippen LogP contribution is 2.29. The van der Waals surface area contributed by atoms with E-state index in [4.69, 9.17) is 4.74 Å². The van der Waals surface area contributed by atoms with E-state index >= 15 is 0 Å². The Kier molecular flexibility index (Phi) is 3.53. The Morgan fingerprint density at radius 1 is 1.50 bits per heavy atom. The second kappa shape index (κ2) is 4.24. The van der Waals surface area contributed by atoms with Gasteiger partial charge in [0.25, 0.3) is 0 Å². The molecule has 0 radical (unpaired) electrons. The largest absolute Gasteiger partial charge is 0.390 e. The van der Waals surface area contributed by atoms with Crippen molar-refractivity contribution in [2.75, 3.05) is 6.61 Å². The summed E-state index contributed by atoms with van der Waals surface area (Å²) < 4.78 is 5.51. The van der Waals surface area contributed by atoms with Crippen LogP contribution in [0.3, 0.4) is 0 Å². The third kappa shape index (κ3) is 2.46. The van der Waals surface area contributed by atoms with E-state index in [2.05, 4.69) is 13.8 Å². The van der Waals surface area contributed by atoms with Crippen molar-refractivity contribution >= 4 is 0 Å². The molecular formula is C10H20O2. The van der Waals surface area contributed by atoms with Crippen molar-refractivity contribution < 1.29 is 9.84 Å². The molecule has 0 bridgehead atoms. The summed E-state index contributed by atoms with van der Waals surface area (Å²) >= 11 is 0. The molecule has 12 heavy (non-hydrogen) atoms. The minimum Gasteiger partial charge on any atom is -0.390 e. The van der Waals surface area contributed by atoms with E-state index in [9.17, 15) is 5.11 Å². The van der Waals surface area contributed by atoms with Gasteiger partial charge in [0.15, 0.2) is 0 Å². The van der Waals surface area contributed by atoms with Gasteiger partial charge in [0.2, 0.25) is 0 Å². The highest BCUT2D eigenvalue weighted by molar-refractivity contribution is 4.84. The first kappa shape index (κ1) is 10.0. The van der Waals surface area contributed by atoms with Crippen LogP contribution in [0.1, 0.15) is 46.0 Å². The molecule has 0 aromatic rings. The van der Waals surface area contributed by atoms with Crippen LogP contribution in [-0.2, 0) is 4.74 Å². The average Bonchev–Trinajstić information content (AvgIpc) is 2.04. The molecule has 2 unspecified atom stereocenters. The molecule has 1 aliphatic heterocycles. The van der Waals surface area contributed by atoms with Crippen molar-refractivity contribution in [1.82, 2.24) is 0 Å². The molecule has 1 rings (SSSR count).